The Hall–Kier alpha value is -1.26. The van der Waals surface area contributed by atoms with Crippen molar-refractivity contribution in [1.82, 2.24) is 10.2 Å². The minimum absolute atomic E-state index is 0.0514. The summed E-state index contributed by atoms with van der Waals surface area (Å²) in [7, 11) is 0. The van der Waals surface area contributed by atoms with Crippen LogP contribution in [-0.2, 0) is 9.53 Å². The number of hydrogen-bond acceptors (Lipinski definition) is 3. The minimum atomic E-state index is -0.463. The van der Waals surface area contributed by atoms with E-state index in [-0.39, 0.29) is 17.9 Å². The molecule has 1 saturated heterocycles. The zero-order valence-electron chi connectivity index (χ0n) is 14.1. The zero-order chi connectivity index (χ0) is 16.0. The van der Waals surface area contributed by atoms with E-state index in [9.17, 15) is 9.59 Å². The molecule has 0 aromatic heterocycles. The van der Waals surface area contributed by atoms with Gasteiger partial charge in [-0.25, -0.2) is 4.79 Å². The van der Waals surface area contributed by atoms with Gasteiger partial charge in [0.2, 0.25) is 5.91 Å². The molecule has 122 valence electrons. The number of rotatable bonds is 4. The second kappa shape index (κ2) is 7.66. The van der Waals surface area contributed by atoms with Gasteiger partial charge in [0.1, 0.15) is 5.60 Å². The summed E-state index contributed by atoms with van der Waals surface area (Å²) in [5.41, 5.74) is -0.463. The van der Waals surface area contributed by atoms with Gasteiger partial charge in [-0.1, -0.05) is 13.8 Å². The molecular formula is C16H30N2O3. The number of carbonyl (C=O) groups is 2. The van der Waals surface area contributed by atoms with Gasteiger partial charge in [-0.05, 0) is 46.0 Å². The molecule has 0 aliphatic carbocycles. The minimum Gasteiger partial charge on any atom is -0.444 e. The van der Waals surface area contributed by atoms with Gasteiger partial charge in [-0.3, -0.25) is 4.79 Å². The number of nitrogens with zero attached hydrogens (tertiary/aromatic N) is 1. The summed E-state index contributed by atoms with van der Waals surface area (Å²) < 4.78 is 5.41. The Morgan fingerprint density at radius 1 is 1.38 bits per heavy atom. The molecule has 1 aliphatic heterocycles. The summed E-state index contributed by atoms with van der Waals surface area (Å²) in [6.07, 6.45) is 2.60. The molecule has 1 rings (SSSR count). The monoisotopic (exact) mass is 298 g/mol. The predicted molar refractivity (Wildman–Crippen MR) is 83.0 cm³/mol. The van der Waals surface area contributed by atoms with Gasteiger partial charge in [-0.2, -0.15) is 0 Å². The topological polar surface area (TPSA) is 58.6 Å². The maximum absolute atomic E-state index is 12.1. The summed E-state index contributed by atoms with van der Waals surface area (Å²) in [6.45, 7) is 11.6. The summed E-state index contributed by atoms with van der Waals surface area (Å²) in [4.78, 5) is 25.6. The summed E-state index contributed by atoms with van der Waals surface area (Å²) in [5, 5.41) is 2.99. The highest BCUT2D eigenvalue weighted by molar-refractivity contribution is 5.78. The van der Waals surface area contributed by atoms with Crippen LogP contribution >= 0.6 is 0 Å². The molecule has 5 nitrogen and oxygen atoms in total. The third-order valence-corrected chi connectivity index (χ3v) is 3.80. The zero-order valence-corrected chi connectivity index (χ0v) is 14.1. The van der Waals surface area contributed by atoms with Gasteiger partial charge in [0.25, 0.3) is 0 Å². The van der Waals surface area contributed by atoms with E-state index in [1.54, 1.807) is 4.90 Å². The summed E-state index contributed by atoms with van der Waals surface area (Å²) >= 11 is 0. The first kappa shape index (κ1) is 17.8. The van der Waals surface area contributed by atoms with Crippen LogP contribution in [0.2, 0.25) is 0 Å². The van der Waals surface area contributed by atoms with Crippen LogP contribution in [0.25, 0.3) is 0 Å². The van der Waals surface area contributed by atoms with Gasteiger partial charge < -0.3 is 15.0 Å². The van der Waals surface area contributed by atoms with Crippen molar-refractivity contribution in [3.63, 3.8) is 0 Å². The van der Waals surface area contributed by atoms with Crippen LogP contribution in [0.5, 0.6) is 0 Å². The van der Waals surface area contributed by atoms with Crippen LogP contribution in [0.1, 0.15) is 53.9 Å². The van der Waals surface area contributed by atoms with Crippen molar-refractivity contribution >= 4 is 12.0 Å². The van der Waals surface area contributed by atoms with Gasteiger partial charge in [-0.15, -0.1) is 0 Å². The maximum atomic E-state index is 12.1. The van der Waals surface area contributed by atoms with Crippen LogP contribution in [0.3, 0.4) is 0 Å². The first-order valence-electron chi connectivity index (χ1n) is 7.98. The molecule has 1 N–H and O–H groups in total. The molecule has 0 saturated carbocycles. The van der Waals surface area contributed by atoms with Gasteiger partial charge in [0.05, 0.1) is 0 Å². The molecule has 1 fully saturated rings. The number of ether oxygens (including phenoxy) is 1. The number of hydrogen-bond donors (Lipinski definition) is 1. The number of nitrogens with one attached hydrogen (secondary N) is 1. The molecule has 2 atom stereocenters. The number of piperidine rings is 1. The Balaban J connectivity index is 2.42. The highest BCUT2D eigenvalue weighted by Gasteiger charge is 2.27. The smallest absolute Gasteiger partial charge is 0.410 e. The third kappa shape index (κ3) is 6.36. The Bertz CT molecular complexity index is 363. The molecule has 0 radical (unpaired) electrons. The molecule has 0 bridgehead atoms. The second-order valence-corrected chi connectivity index (χ2v) is 6.99. The summed E-state index contributed by atoms with van der Waals surface area (Å²) in [5.74, 6) is 0.474. The van der Waals surface area contributed by atoms with E-state index in [1.165, 1.54) is 0 Å². The molecule has 5 heteroatoms. The molecule has 2 unspecified atom stereocenters. The van der Waals surface area contributed by atoms with E-state index in [0.717, 1.165) is 25.8 Å². The van der Waals surface area contributed by atoms with E-state index >= 15 is 0 Å². The first-order chi connectivity index (χ1) is 9.73. The van der Waals surface area contributed by atoms with Crippen molar-refractivity contribution in [3.8, 4) is 0 Å². The fourth-order valence-corrected chi connectivity index (χ4v) is 2.33. The number of carbonyl (C=O) groups excluding carboxylic acids is 2. The van der Waals surface area contributed by atoms with Gasteiger partial charge in [0.15, 0.2) is 0 Å². The molecule has 1 aliphatic rings. The lowest BCUT2D eigenvalue weighted by Gasteiger charge is -2.34. The average molecular weight is 298 g/mol. The van der Waals surface area contributed by atoms with Crippen LogP contribution < -0.4 is 5.32 Å². The molecule has 2 amide bonds. The quantitative estimate of drug-likeness (QED) is 0.868. The molecule has 0 aromatic rings. The normalized spacial score (nSPS) is 20.8. The van der Waals surface area contributed by atoms with Gasteiger partial charge >= 0.3 is 6.09 Å². The van der Waals surface area contributed by atoms with E-state index in [0.29, 0.717) is 19.0 Å². The predicted octanol–water partition coefficient (Wildman–Crippen LogP) is 2.80. The fraction of sp³-hybridized carbons (Fsp3) is 0.875. The summed E-state index contributed by atoms with van der Waals surface area (Å²) in [6, 6.07) is 0. The lowest BCUT2D eigenvalue weighted by molar-refractivity contribution is -0.124. The number of amides is 2. The van der Waals surface area contributed by atoms with E-state index in [2.05, 4.69) is 5.32 Å². The van der Waals surface area contributed by atoms with Crippen LogP contribution in [0.4, 0.5) is 4.79 Å². The molecule has 0 aromatic carbocycles. The Kier molecular flexibility index (Phi) is 6.49. The van der Waals surface area contributed by atoms with Crippen molar-refractivity contribution in [2.45, 2.75) is 59.5 Å². The van der Waals surface area contributed by atoms with Crippen LogP contribution in [-0.4, -0.2) is 42.1 Å². The average Bonchev–Trinajstić information content (AvgIpc) is 2.42. The van der Waals surface area contributed by atoms with Gasteiger partial charge in [0, 0.05) is 25.6 Å². The maximum Gasteiger partial charge on any atom is 0.410 e. The standard InChI is InChI=1S/C16H30N2O3/c1-6-12(2)14(19)17-10-13-8-7-9-18(11-13)15(20)21-16(3,4)5/h12-13H,6-11H2,1-5H3,(H,17,19). The third-order valence-electron chi connectivity index (χ3n) is 3.80. The van der Waals surface area contributed by atoms with E-state index in [1.807, 2.05) is 34.6 Å². The van der Waals surface area contributed by atoms with Crippen LogP contribution in [0, 0.1) is 11.8 Å². The molecular weight excluding hydrogens is 268 g/mol. The van der Waals surface area contributed by atoms with E-state index < -0.39 is 5.60 Å². The lowest BCUT2D eigenvalue weighted by Crippen LogP contribution is -2.46. The largest absolute Gasteiger partial charge is 0.444 e. The highest BCUT2D eigenvalue weighted by Crippen LogP contribution is 2.19. The second-order valence-electron chi connectivity index (χ2n) is 6.99. The van der Waals surface area contributed by atoms with Crippen molar-refractivity contribution in [1.29, 1.82) is 0 Å². The number of likely N-dealkylation sites (tertiary alicyclic amines) is 1. The Labute approximate surface area is 128 Å². The molecule has 21 heavy (non-hydrogen) atoms. The Morgan fingerprint density at radius 2 is 2.05 bits per heavy atom. The SMILES string of the molecule is CCC(C)C(=O)NCC1CCCN(C(=O)OC(C)(C)C)C1. The van der Waals surface area contributed by atoms with Crippen molar-refractivity contribution in [2.24, 2.45) is 11.8 Å². The molecule has 0 spiro atoms. The Morgan fingerprint density at radius 3 is 2.62 bits per heavy atom. The first-order valence-corrected chi connectivity index (χ1v) is 7.98. The van der Waals surface area contributed by atoms with Crippen molar-refractivity contribution in [2.75, 3.05) is 19.6 Å². The lowest BCUT2D eigenvalue weighted by atomic mass is 9.98. The van der Waals surface area contributed by atoms with E-state index in [4.69, 9.17) is 4.74 Å². The van der Waals surface area contributed by atoms with Crippen molar-refractivity contribution in [3.05, 3.63) is 0 Å². The fourth-order valence-electron chi connectivity index (χ4n) is 2.33. The van der Waals surface area contributed by atoms with Crippen molar-refractivity contribution < 1.29 is 14.3 Å². The molecule has 1 heterocycles. The van der Waals surface area contributed by atoms with Crippen LogP contribution in [0.15, 0.2) is 0 Å². The highest BCUT2D eigenvalue weighted by atomic mass is 16.6.